The van der Waals surface area contributed by atoms with E-state index >= 15 is 0 Å². The van der Waals surface area contributed by atoms with Crippen molar-refractivity contribution in [2.24, 2.45) is 0 Å². The van der Waals surface area contributed by atoms with Crippen LogP contribution in [0.3, 0.4) is 0 Å². The van der Waals surface area contributed by atoms with Gasteiger partial charge in [0.1, 0.15) is 16.7 Å². The van der Waals surface area contributed by atoms with Gasteiger partial charge in [0, 0.05) is 25.6 Å². The van der Waals surface area contributed by atoms with Crippen LogP contribution in [0.15, 0.2) is 53.4 Å². The van der Waals surface area contributed by atoms with Crippen molar-refractivity contribution in [2.45, 2.75) is 75.4 Å². The van der Waals surface area contributed by atoms with E-state index in [1.807, 2.05) is 19.1 Å². The molecule has 0 bridgehead atoms. The first kappa shape index (κ1) is 27.6. The fourth-order valence-corrected chi connectivity index (χ4v) is 6.79. The zero-order valence-electron chi connectivity index (χ0n) is 21.9. The average Bonchev–Trinajstić information content (AvgIpc) is 3.49. The van der Waals surface area contributed by atoms with Crippen molar-refractivity contribution in [2.75, 3.05) is 13.7 Å². The highest BCUT2D eigenvalue weighted by molar-refractivity contribution is 7.90. The number of benzene rings is 2. The zero-order chi connectivity index (χ0) is 27.3. The molecule has 2 aromatic rings. The third-order valence-corrected chi connectivity index (χ3v) is 9.10. The van der Waals surface area contributed by atoms with Crippen molar-refractivity contribution >= 4 is 27.7 Å². The Bertz CT molecular complexity index is 1270. The maximum atomic E-state index is 13.5. The van der Waals surface area contributed by atoms with Crippen molar-refractivity contribution in [1.82, 2.24) is 14.5 Å². The highest BCUT2D eigenvalue weighted by Crippen LogP contribution is 2.30. The van der Waals surface area contributed by atoms with Crippen molar-refractivity contribution < 1.29 is 27.5 Å². The lowest BCUT2D eigenvalue weighted by molar-refractivity contribution is -0.141. The van der Waals surface area contributed by atoms with Gasteiger partial charge in [0.2, 0.25) is 11.8 Å². The van der Waals surface area contributed by atoms with Gasteiger partial charge in [0.05, 0.1) is 12.7 Å². The summed E-state index contributed by atoms with van der Waals surface area (Å²) in [5.41, 5.74) is 0.994. The number of carbonyl (C=O) groups is 3. The van der Waals surface area contributed by atoms with E-state index in [0.29, 0.717) is 12.2 Å². The summed E-state index contributed by atoms with van der Waals surface area (Å²) in [4.78, 5) is 41.0. The molecular formula is C28H35N3O6S. The highest BCUT2D eigenvalue weighted by Gasteiger charge is 2.40. The molecule has 0 aromatic heterocycles. The van der Waals surface area contributed by atoms with Crippen LogP contribution in [0.5, 0.6) is 5.75 Å². The third-order valence-electron chi connectivity index (χ3n) is 7.26. The summed E-state index contributed by atoms with van der Waals surface area (Å²) >= 11 is 0. The van der Waals surface area contributed by atoms with Crippen LogP contribution in [0.25, 0.3) is 0 Å². The molecule has 1 N–H and O–H groups in total. The van der Waals surface area contributed by atoms with Crippen LogP contribution in [-0.4, -0.2) is 61.1 Å². The number of nitrogens with one attached hydrogen (secondary N) is 1. The number of ether oxygens (including phenoxy) is 1. The molecule has 2 aromatic carbocycles. The van der Waals surface area contributed by atoms with Gasteiger partial charge < -0.3 is 15.0 Å². The average molecular weight is 542 g/mol. The molecule has 1 saturated carbocycles. The number of carbonyl (C=O) groups excluding carboxylic acids is 3. The molecule has 2 aliphatic rings. The maximum absolute atomic E-state index is 13.5. The van der Waals surface area contributed by atoms with Crippen LogP contribution >= 0.6 is 0 Å². The minimum Gasteiger partial charge on any atom is -0.497 e. The van der Waals surface area contributed by atoms with Gasteiger partial charge in [-0.15, -0.1) is 0 Å². The summed E-state index contributed by atoms with van der Waals surface area (Å²) in [6, 6.07) is 12.9. The molecule has 204 valence electrons. The van der Waals surface area contributed by atoms with Gasteiger partial charge >= 0.3 is 0 Å². The fraction of sp³-hybridized carbons (Fsp3) is 0.464. The minimum atomic E-state index is -3.93. The van der Waals surface area contributed by atoms with Gasteiger partial charge in [-0.2, -0.15) is 0 Å². The monoisotopic (exact) mass is 541 g/mol. The molecule has 0 radical (unpaired) electrons. The number of fused-ring (bicyclic) bond motifs is 1. The molecule has 0 saturated heterocycles. The van der Waals surface area contributed by atoms with Gasteiger partial charge in [0.25, 0.3) is 15.9 Å². The minimum absolute atomic E-state index is 0.000984. The Morgan fingerprint density at radius 3 is 2.42 bits per heavy atom. The van der Waals surface area contributed by atoms with E-state index in [2.05, 4.69) is 5.32 Å². The lowest BCUT2D eigenvalue weighted by Crippen LogP contribution is -2.51. The predicted molar refractivity (Wildman–Crippen MR) is 142 cm³/mol. The molecule has 38 heavy (non-hydrogen) atoms. The Hall–Kier alpha value is -3.40. The number of sulfonamides is 1. The van der Waals surface area contributed by atoms with Crippen LogP contribution in [0, 0.1) is 0 Å². The summed E-state index contributed by atoms with van der Waals surface area (Å²) in [7, 11) is -2.36. The van der Waals surface area contributed by atoms with Crippen LogP contribution in [0.4, 0.5) is 0 Å². The number of amides is 3. The van der Waals surface area contributed by atoms with Crippen molar-refractivity contribution in [1.29, 1.82) is 0 Å². The fourth-order valence-electron chi connectivity index (χ4n) is 5.18. The standard InChI is InChI=1S/C28H35N3O6S/c1-3-24(27(33)29-21-9-4-5-10-21)30(19-20-14-16-22(37-2)17-15-20)26(32)13-8-18-31-28(34)23-11-6-7-12-25(23)38(31,35)36/h6-7,11-12,14-17,21,24H,3-5,8-10,13,18-19H2,1-2H3,(H,29,33). The molecule has 1 unspecified atom stereocenters. The lowest BCUT2D eigenvalue weighted by atomic mass is 10.1. The van der Waals surface area contributed by atoms with Gasteiger partial charge in [-0.1, -0.05) is 44.0 Å². The molecule has 1 atom stereocenters. The summed E-state index contributed by atoms with van der Waals surface area (Å²) in [5, 5.41) is 3.11. The smallest absolute Gasteiger partial charge is 0.269 e. The van der Waals surface area contributed by atoms with E-state index in [1.165, 1.54) is 12.1 Å². The summed E-state index contributed by atoms with van der Waals surface area (Å²) in [6.45, 7) is 1.99. The highest BCUT2D eigenvalue weighted by atomic mass is 32.2. The van der Waals surface area contributed by atoms with Crippen LogP contribution in [0.1, 0.15) is 67.8 Å². The first-order chi connectivity index (χ1) is 18.3. The molecule has 3 amide bonds. The number of methoxy groups -OCH3 is 1. The van der Waals surface area contributed by atoms with Gasteiger partial charge in [-0.25, -0.2) is 12.7 Å². The van der Waals surface area contributed by atoms with Gasteiger partial charge in [-0.3, -0.25) is 14.4 Å². The zero-order valence-corrected chi connectivity index (χ0v) is 22.7. The lowest BCUT2D eigenvalue weighted by Gasteiger charge is -2.32. The first-order valence-corrected chi connectivity index (χ1v) is 14.6. The molecule has 10 heteroatoms. The molecule has 0 spiro atoms. The quantitative estimate of drug-likeness (QED) is 0.466. The second kappa shape index (κ2) is 12.0. The number of nitrogens with zero attached hydrogens (tertiary/aromatic N) is 2. The maximum Gasteiger partial charge on any atom is 0.269 e. The van der Waals surface area contributed by atoms with E-state index < -0.39 is 22.0 Å². The van der Waals surface area contributed by atoms with E-state index in [4.69, 9.17) is 4.74 Å². The van der Waals surface area contributed by atoms with E-state index in [-0.39, 0.29) is 54.2 Å². The van der Waals surface area contributed by atoms with E-state index in [9.17, 15) is 22.8 Å². The van der Waals surface area contributed by atoms with Crippen LogP contribution in [0.2, 0.25) is 0 Å². The SMILES string of the molecule is CCC(C(=O)NC1CCCC1)N(Cc1ccc(OC)cc1)C(=O)CCCN1C(=O)c2ccccc2S1(=O)=O. The molecule has 1 aliphatic carbocycles. The summed E-state index contributed by atoms with van der Waals surface area (Å²) in [5.74, 6) is -0.328. The van der Waals surface area contributed by atoms with E-state index in [1.54, 1.807) is 36.3 Å². The largest absolute Gasteiger partial charge is 0.497 e. The van der Waals surface area contributed by atoms with Gasteiger partial charge in [0.15, 0.2) is 0 Å². The van der Waals surface area contributed by atoms with E-state index in [0.717, 1.165) is 35.6 Å². The normalized spacial score (nSPS) is 17.2. The molecule has 1 aliphatic heterocycles. The number of rotatable bonds is 11. The van der Waals surface area contributed by atoms with Crippen molar-refractivity contribution in [3.05, 3.63) is 59.7 Å². The Morgan fingerprint density at radius 2 is 1.79 bits per heavy atom. The second-order valence-electron chi connectivity index (χ2n) is 9.77. The Kier molecular flexibility index (Phi) is 8.71. The predicted octanol–water partition coefficient (Wildman–Crippen LogP) is 3.49. The third kappa shape index (κ3) is 5.85. The molecule has 9 nitrogen and oxygen atoms in total. The molecule has 4 rings (SSSR count). The van der Waals surface area contributed by atoms with Crippen molar-refractivity contribution in [3.8, 4) is 5.75 Å². The molecule has 1 heterocycles. The number of hydrogen-bond acceptors (Lipinski definition) is 6. The van der Waals surface area contributed by atoms with Crippen LogP contribution in [-0.2, 0) is 26.2 Å². The summed E-state index contributed by atoms with van der Waals surface area (Å²) in [6.07, 6.45) is 4.63. The Morgan fingerprint density at radius 1 is 1.11 bits per heavy atom. The van der Waals surface area contributed by atoms with Gasteiger partial charge in [-0.05, 0) is 55.5 Å². The van der Waals surface area contributed by atoms with Crippen LogP contribution < -0.4 is 10.1 Å². The molecular weight excluding hydrogens is 506 g/mol. The topological polar surface area (TPSA) is 113 Å². The Labute approximate surface area is 224 Å². The first-order valence-electron chi connectivity index (χ1n) is 13.1. The second-order valence-corrected chi connectivity index (χ2v) is 11.6. The summed E-state index contributed by atoms with van der Waals surface area (Å²) < 4.78 is 31.8. The van der Waals surface area contributed by atoms with Crippen molar-refractivity contribution in [3.63, 3.8) is 0 Å². The molecule has 1 fully saturated rings. The Balaban J connectivity index is 1.47. The number of hydrogen-bond donors (Lipinski definition) is 1.